The molecule has 0 atom stereocenters. The normalized spacial score (nSPS) is 8.75. The molecule has 0 amide bonds. The largest absolute Gasteiger partial charge is 0.365 e. The van der Waals surface area contributed by atoms with Crippen LogP contribution in [0.2, 0.25) is 0 Å². The predicted octanol–water partition coefficient (Wildman–Crippen LogP) is 1.91. The molecule has 0 aliphatic heterocycles. The van der Waals surface area contributed by atoms with Crippen molar-refractivity contribution in [2.45, 2.75) is 13.3 Å². The van der Waals surface area contributed by atoms with E-state index in [0.29, 0.717) is 0 Å². The highest BCUT2D eigenvalue weighted by Crippen LogP contribution is 1.92. The molecule has 2 heterocycles. The molecule has 0 saturated heterocycles. The summed E-state index contributed by atoms with van der Waals surface area (Å²) in [6.45, 7) is 2.04. The Bertz CT molecular complexity index is 246. The number of hydrogen-bond donors (Lipinski definition) is 0. The minimum absolute atomic E-state index is 0.955. The first-order valence-corrected chi connectivity index (χ1v) is 3.67. The van der Waals surface area contributed by atoms with Crippen molar-refractivity contribution < 1.29 is 9.05 Å². The second kappa shape index (κ2) is 5.12. The van der Waals surface area contributed by atoms with Crippen LogP contribution in [0.3, 0.4) is 0 Å². The maximum absolute atomic E-state index is 4.56. The van der Waals surface area contributed by atoms with Gasteiger partial charge >= 0.3 is 0 Å². The van der Waals surface area contributed by atoms with Crippen molar-refractivity contribution in [1.82, 2.24) is 10.3 Å². The van der Waals surface area contributed by atoms with Gasteiger partial charge in [-0.3, -0.25) is 0 Å². The van der Waals surface area contributed by atoms with Crippen molar-refractivity contribution in [3.63, 3.8) is 0 Å². The van der Waals surface area contributed by atoms with Gasteiger partial charge in [0.1, 0.15) is 12.5 Å². The molecule has 0 saturated carbocycles. The highest BCUT2D eigenvalue weighted by atomic mass is 16.5. The molecule has 2 aromatic heterocycles. The monoisotopic (exact) mass is 166 g/mol. The third kappa shape index (κ3) is 3.01. The highest BCUT2D eigenvalue weighted by molar-refractivity contribution is 4.93. The smallest absolute Gasteiger partial charge is 0.124 e. The lowest BCUT2D eigenvalue weighted by molar-refractivity contribution is 0.412. The minimum Gasteiger partial charge on any atom is -0.365 e. The van der Waals surface area contributed by atoms with Gasteiger partial charge in [0.15, 0.2) is 0 Å². The van der Waals surface area contributed by atoms with Crippen LogP contribution < -0.4 is 0 Å². The van der Waals surface area contributed by atoms with Crippen LogP contribution in [0, 0.1) is 0 Å². The molecule has 12 heavy (non-hydrogen) atoms. The van der Waals surface area contributed by atoms with Gasteiger partial charge in [-0.1, -0.05) is 17.2 Å². The van der Waals surface area contributed by atoms with Crippen LogP contribution in [0.4, 0.5) is 0 Å². The maximum atomic E-state index is 4.56. The van der Waals surface area contributed by atoms with Gasteiger partial charge in [-0.25, -0.2) is 0 Å². The van der Waals surface area contributed by atoms with Gasteiger partial charge in [0.25, 0.3) is 0 Å². The van der Waals surface area contributed by atoms with E-state index in [-0.39, 0.29) is 0 Å². The van der Waals surface area contributed by atoms with Crippen LogP contribution in [0.1, 0.15) is 12.6 Å². The molecule has 0 spiro atoms. The SMILES string of the molecule is CCc1ccon1.c1cnoc1. The summed E-state index contributed by atoms with van der Waals surface area (Å²) in [4.78, 5) is 0. The molecule has 2 rings (SSSR count). The minimum atomic E-state index is 0.955. The van der Waals surface area contributed by atoms with E-state index in [9.17, 15) is 0 Å². The average Bonchev–Trinajstić information content (AvgIpc) is 2.81. The lowest BCUT2D eigenvalue weighted by Gasteiger charge is -1.74. The first-order chi connectivity index (χ1) is 5.93. The average molecular weight is 166 g/mol. The lowest BCUT2D eigenvalue weighted by Crippen LogP contribution is -1.73. The van der Waals surface area contributed by atoms with Crippen LogP contribution in [0.25, 0.3) is 0 Å². The molecule has 0 aromatic carbocycles. The van der Waals surface area contributed by atoms with Crippen molar-refractivity contribution >= 4 is 0 Å². The quantitative estimate of drug-likeness (QED) is 0.649. The Morgan fingerprint density at radius 1 is 1.33 bits per heavy atom. The Hall–Kier alpha value is -1.58. The van der Waals surface area contributed by atoms with Crippen LogP contribution >= 0.6 is 0 Å². The fourth-order valence-electron chi connectivity index (χ4n) is 0.596. The molecule has 0 aliphatic carbocycles. The van der Waals surface area contributed by atoms with Crippen molar-refractivity contribution in [2.24, 2.45) is 0 Å². The number of nitrogens with zero attached hydrogens (tertiary/aromatic N) is 2. The van der Waals surface area contributed by atoms with E-state index in [1.165, 1.54) is 6.26 Å². The molecule has 0 aliphatic rings. The summed E-state index contributed by atoms with van der Waals surface area (Å²) < 4.78 is 8.89. The van der Waals surface area contributed by atoms with Gasteiger partial charge in [0, 0.05) is 6.07 Å². The van der Waals surface area contributed by atoms with E-state index in [2.05, 4.69) is 19.4 Å². The van der Waals surface area contributed by atoms with Crippen molar-refractivity contribution in [1.29, 1.82) is 0 Å². The van der Waals surface area contributed by atoms with Crippen LogP contribution in [0.15, 0.2) is 39.9 Å². The molecular weight excluding hydrogens is 156 g/mol. The Morgan fingerprint density at radius 3 is 2.50 bits per heavy atom. The number of hydrogen-bond acceptors (Lipinski definition) is 4. The second-order valence-corrected chi connectivity index (χ2v) is 2.03. The van der Waals surface area contributed by atoms with E-state index in [4.69, 9.17) is 0 Å². The number of rotatable bonds is 1. The van der Waals surface area contributed by atoms with Gasteiger partial charge in [0.05, 0.1) is 11.9 Å². The summed E-state index contributed by atoms with van der Waals surface area (Å²) in [5.74, 6) is 0. The topological polar surface area (TPSA) is 52.1 Å². The van der Waals surface area contributed by atoms with E-state index in [1.807, 2.05) is 13.0 Å². The van der Waals surface area contributed by atoms with Crippen LogP contribution in [0.5, 0.6) is 0 Å². The third-order valence-corrected chi connectivity index (χ3v) is 1.20. The molecule has 4 nitrogen and oxygen atoms in total. The molecule has 0 bridgehead atoms. The summed E-state index contributed by atoms with van der Waals surface area (Å²) in [6.07, 6.45) is 5.63. The lowest BCUT2D eigenvalue weighted by atomic mass is 10.4. The zero-order valence-electron chi connectivity index (χ0n) is 6.80. The Morgan fingerprint density at radius 2 is 2.25 bits per heavy atom. The molecule has 0 fully saturated rings. The molecule has 2 aromatic rings. The predicted molar refractivity (Wildman–Crippen MR) is 42.4 cm³/mol. The van der Waals surface area contributed by atoms with Crippen LogP contribution in [-0.4, -0.2) is 10.3 Å². The Kier molecular flexibility index (Phi) is 3.63. The zero-order chi connectivity index (χ0) is 8.65. The summed E-state index contributed by atoms with van der Waals surface area (Å²) in [6, 6.07) is 3.58. The van der Waals surface area contributed by atoms with Gasteiger partial charge in [-0.2, -0.15) is 0 Å². The summed E-state index contributed by atoms with van der Waals surface area (Å²) >= 11 is 0. The fourth-order valence-corrected chi connectivity index (χ4v) is 0.596. The second-order valence-electron chi connectivity index (χ2n) is 2.03. The molecule has 0 N–H and O–H groups in total. The molecule has 0 radical (unpaired) electrons. The maximum Gasteiger partial charge on any atom is 0.124 e. The van der Waals surface area contributed by atoms with Gasteiger partial charge in [-0.15, -0.1) is 0 Å². The van der Waals surface area contributed by atoms with E-state index >= 15 is 0 Å². The summed E-state index contributed by atoms with van der Waals surface area (Å²) in [7, 11) is 0. The molecular formula is C8H10N2O2. The zero-order valence-corrected chi connectivity index (χ0v) is 6.80. The number of aryl methyl sites for hydroxylation is 1. The van der Waals surface area contributed by atoms with E-state index in [0.717, 1.165) is 12.1 Å². The van der Waals surface area contributed by atoms with E-state index < -0.39 is 0 Å². The Labute approximate surface area is 70.2 Å². The standard InChI is InChI=1S/C5H7NO.C3H3NO/c1-2-5-3-4-7-6-5;1-2-4-5-3-1/h3-4H,2H2,1H3;1-3H. The fraction of sp³-hybridized carbons (Fsp3) is 0.250. The van der Waals surface area contributed by atoms with E-state index in [1.54, 1.807) is 18.5 Å². The van der Waals surface area contributed by atoms with Crippen LogP contribution in [-0.2, 0) is 6.42 Å². The van der Waals surface area contributed by atoms with Gasteiger partial charge < -0.3 is 9.05 Å². The Balaban J connectivity index is 0.000000127. The summed E-state index contributed by atoms with van der Waals surface area (Å²) in [5, 5.41) is 7.01. The molecule has 0 unspecified atom stereocenters. The molecule has 64 valence electrons. The number of aromatic nitrogens is 2. The van der Waals surface area contributed by atoms with Crippen molar-refractivity contribution in [3.8, 4) is 0 Å². The third-order valence-electron chi connectivity index (χ3n) is 1.20. The van der Waals surface area contributed by atoms with Gasteiger partial charge in [-0.05, 0) is 12.5 Å². The highest BCUT2D eigenvalue weighted by Gasteiger charge is 1.86. The molecule has 4 heteroatoms. The van der Waals surface area contributed by atoms with Gasteiger partial charge in [0.2, 0.25) is 0 Å². The summed E-state index contributed by atoms with van der Waals surface area (Å²) in [5.41, 5.74) is 1.01. The van der Waals surface area contributed by atoms with Crippen molar-refractivity contribution in [3.05, 3.63) is 36.5 Å². The first-order valence-electron chi connectivity index (χ1n) is 3.67. The first kappa shape index (κ1) is 8.52. The van der Waals surface area contributed by atoms with Crippen molar-refractivity contribution in [2.75, 3.05) is 0 Å².